The van der Waals surface area contributed by atoms with Gasteiger partial charge in [0.25, 0.3) is 0 Å². The molecule has 0 bridgehead atoms. The summed E-state index contributed by atoms with van der Waals surface area (Å²) in [6.45, 7) is 3.64. The summed E-state index contributed by atoms with van der Waals surface area (Å²) < 4.78 is 0. The van der Waals surface area contributed by atoms with Crippen molar-refractivity contribution in [2.24, 2.45) is 0 Å². The van der Waals surface area contributed by atoms with Crippen molar-refractivity contribution < 1.29 is 9.90 Å². The highest BCUT2D eigenvalue weighted by Gasteiger charge is 2.31. The highest BCUT2D eigenvalue weighted by atomic mass is 16.4. The summed E-state index contributed by atoms with van der Waals surface area (Å²) in [5, 5.41) is 20.9. The summed E-state index contributed by atoms with van der Waals surface area (Å²) >= 11 is 0. The lowest BCUT2D eigenvalue weighted by Crippen LogP contribution is -2.43. The first-order valence-corrected chi connectivity index (χ1v) is 5.99. The SMILES string of the molecule is CCCC(C)(Nc1ccc(CC#N)cc1)C(=O)O. The van der Waals surface area contributed by atoms with Crippen LogP contribution in [0.25, 0.3) is 0 Å². The van der Waals surface area contributed by atoms with Gasteiger partial charge in [-0.3, -0.25) is 0 Å². The average Bonchev–Trinajstić information content (AvgIpc) is 2.32. The van der Waals surface area contributed by atoms with E-state index in [-0.39, 0.29) is 0 Å². The Morgan fingerprint density at radius 2 is 2.06 bits per heavy atom. The predicted molar refractivity (Wildman–Crippen MR) is 70.3 cm³/mol. The van der Waals surface area contributed by atoms with E-state index < -0.39 is 11.5 Å². The maximum atomic E-state index is 11.3. The van der Waals surface area contributed by atoms with Crippen LogP contribution in [0.3, 0.4) is 0 Å². The van der Waals surface area contributed by atoms with Crippen LogP contribution in [-0.2, 0) is 11.2 Å². The Hall–Kier alpha value is -2.02. The molecular formula is C14H18N2O2. The van der Waals surface area contributed by atoms with Crippen LogP contribution in [0, 0.1) is 11.3 Å². The van der Waals surface area contributed by atoms with Crippen LogP contribution in [0.4, 0.5) is 5.69 Å². The molecule has 18 heavy (non-hydrogen) atoms. The Balaban J connectivity index is 2.82. The van der Waals surface area contributed by atoms with Crippen LogP contribution in [0.5, 0.6) is 0 Å². The van der Waals surface area contributed by atoms with Gasteiger partial charge in [-0.1, -0.05) is 25.5 Å². The third-order valence-electron chi connectivity index (χ3n) is 2.88. The van der Waals surface area contributed by atoms with Crippen molar-refractivity contribution in [3.63, 3.8) is 0 Å². The van der Waals surface area contributed by atoms with Crippen LogP contribution in [0.1, 0.15) is 32.3 Å². The highest BCUT2D eigenvalue weighted by Crippen LogP contribution is 2.21. The van der Waals surface area contributed by atoms with Gasteiger partial charge in [-0.2, -0.15) is 5.26 Å². The first-order chi connectivity index (χ1) is 8.51. The van der Waals surface area contributed by atoms with Crippen LogP contribution in [0.2, 0.25) is 0 Å². The molecule has 0 saturated carbocycles. The summed E-state index contributed by atoms with van der Waals surface area (Å²) in [4.78, 5) is 11.3. The Bertz CT molecular complexity index is 448. The van der Waals surface area contributed by atoms with Gasteiger partial charge in [0, 0.05) is 5.69 Å². The fraction of sp³-hybridized carbons (Fsp3) is 0.429. The largest absolute Gasteiger partial charge is 0.480 e. The summed E-state index contributed by atoms with van der Waals surface area (Å²) in [7, 11) is 0. The third kappa shape index (κ3) is 3.49. The van der Waals surface area contributed by atoms with E-state index in [1.165, 1.54) is 0 Å². The second-order valence-corrected chi connectivity index (χ2v) is 4.54. The van der Waals surface area contributed by atoms with Crippen LogP contribution in [-0.4, -0.2) is 16.6 Å². The van der Waals surface area contributed by atoms with Crippen LogP contribution < -0.4 is 5.32 Å². The zero-order valence-electron chi connectivity index (χ0n) is 10.7. The first-order valence-electron chi connectivity index (χ1n) is 5.99. The number of nitriles is 1. The van der Waals surface area contributed by atoms with E-state index in [9.17, 15) is 9.90 Å². The fourth-order valence-electron chi connectivity index (χ4n) is 1.84. The number of carboxylic acid groups (broad SMARTS) is 1. The second kappa shape index (κ2) is 6.06. The Labute approximate surface area is 107 Å². The lowest BCUT2D eigenvalue weighted by molar-refractivity contribution is -0.141. The molecule has 0 aliphatic heterocycles. The summed E-state index contributed by atoms with van der Waals surface area (Å²) in [5.74, 6) is -0.856. The van der Waals surface area contributed by atoms with Gasteiger partial charge in [0.1, 0.15) is 5.54 Å². The first kappa shape index (κ1) is 14.0. The number of anilines is 1. The molecule has 0 aliphatic carbocycles. The van der Waals surface area contributed by atoms with Gasteiger partial charge in [-0.25, -0.2) is 4.79 Å². The number of aliphatic carboxylic acids is 1. The number of rotatable bonds is 6. The number of carboxylic acids is 1. The molecular weight excluding hydrogens is 228 g/mol. The van der Waals surface area contributed by atoms with Crippen molar-refractivity contribution >= 4 is 11.7 Å². The summed E-state index contributed by atoms with van der Waals surface area (Å²) in [6.07, 6.45) is 1.72. The molecule has 0 saturated heterocycles. The van der Waals surface area contributed by atoms with E-state index in [0.29, 0.717) is 12.8 Å². The Morgan fingerprint density at radius 3 is 2.50 bits per heavy atom. The lowest BCUT2D eigenvalue weighted by Gasteiger charge is -2.27. The van der Waals surface area contributed by atoms with Crippen molar-refractivity contribution in [3.8, 4) is 6.07 Å². The van der Waals surface area contributed by atoms with Gasteiger partial charge >= 0.3 is 5.97 Å². The maximum absolute atomic E-state index is 11.3. The number of benzene rings is 1. The van der Waals surface area contributed by atoms with E-state index >= 15 is 0 Å². The van der Waals surface area contributed by atoms with Crippen molar-refractivity contribution in [1.82, 2.24) is 0 Å². The van der Waals surface area contributed by atoms with Gasteiger partial charge in [0.15, 0.2) is 0 Å². The number of hydrogen-bond acceptors (Lipinski definition) is 3. The molecule has 0 heterocycles. The van der Waals surface area contributed by atoms with Crippen molar-refractivity contribution in [3.05, 3.63) is 29.8 Å². The maximum Gasteiger partial charge on any atom is 0.329 e. The quantitative estimate of drug-likeness (QED) is 0.809. The minimum Gasteiger partial charge on any atom is -0.480 e. The minimum atomic E-state index is -0.953. The molecule has 1 rings (SSSR count). The van der Waals surface area contributed by atoms with E-state index in [1.807, 2.05) is 31.2 Å². The molecule has 0 radical (unpaired) electrons. The molecule has 0 aliphatic rings. The molecule has 1 aromatic rings. The van der Waals surface area contributed by atoms with Crippen molar-refractivity contribution in [1.29, 1.82) is 5.26 Å². The molecule has 96 valence electrons. The van der Waals surface area contributed by atoms with Gasteiger partial charge in [0.05, 0.1) is 12.5 Å². The summed E-state index contributed by atoms with van der Waals surface area (Å²) in [6, 6.07) is 9.36. The third-order valence-corrected chi connectivity index (χ3v) is 2.88. The van der Waals surface area contributed by atoms with E-state index in [0.717, 1.165) is 17.7 Å². The Kier molecular flexibility index (Phi) is 4.73. The number of nitrogens with zero attached hydrogens (tertiary/aromatic N) is 1. The molecule has 1 atom stereocenters. The highest BCUT2D eigenvalue weighted by molar-refractivity contribution is 5.82. The van der Waals surface area contributed by atoms with Gasteiger partial charge in [-0.15, -0.1) is 0 Å². The number of carbonyl (C=O) groups is 1. The normalized spacial score (nSPS) is 13.4. The van der Waals surface area contributed by atoms with E-state index in [4.69, 9.17) is 5.26 Å². The van der Waals surface area contributed by atoms with Crippen molar-refractivity contribution in [2.75, 3.05) is 5.32 Å². The van der Waals surface area contributed by atoms with Gasteiger partial charge in [-0.05, 0) is 31.0 Å². The van der Waals surface area contributed by atoms with Crippen molar-refractivity contribution in [2.45, 2.75) is 38.6 Å². The molecule has 1 unspecified atom stereocenters. The lowest BCUT2D eigenvalue weighted by atomic mass is 9.96. The fourth-order valence-corrected chi connectivity index (χ4v) is 1.84. The van der Waals surface area contributed by atoms with E-state index in [2.05, 4.69) is 11.4 Å². The number of nitrogens with one attached hydrogen (secondary N) is 1. The molecule has 0 spiro atoms. The summed E-state index contributed by atoms with van der Waals surface area (Å²) in [5.41, 5.74) is 0.733. The standard InChI is InChI=1S/C14H18N2O2/c1-3-9-14(2,13(17)18)16-12-6-4-11(5-7-12)8-10-15/h4-7,16H,3,8-9H2,1-2H3,(H,17,18). The smallest absolute Gasteiger partial charge is 0.329 e. The Morgan fingerprint density at radius 1 is 1.44 bits per heavy atom. The zero-order chi connectivity index (χ0) is 13.6. The molecule has 0 amide bonds. The van der Waals surface area contributed by atoms with Crippen LogP contribution >= 0.6 is 0 Å². The molecule has 4 nitrogen and oxygen atoms in total. The van der Waals surface area contributed by atoms with E-state index in [1.54, 1.807) is 6.92 Å². The molecule has 1 aromatic carbocycles. The molecule has 2 N–H and O–H groups in total. The van der Waals surface area contributed by atoms with Gasteiger partial charge in [0.2, 0.25) is 0 Å². The predicted octanol–water partition coefficient (Wildman–Crippen LogP) is 2.81. The van der Waals surface area contributed by atoms with Gasteiger partial charge < -0.3 is 10.4 Å². The molecule has 0 fully saturated rings. The van der Waals surface area contributed by atoms with Crippen LogP contribution in [0.15, 0.2) is 24.3 Å². The zero-order valence-corrected chi connectivity index (χ0v) is 10.7. The number of hydrogen-bond donors (Lipinski definition) is 2. The monoisotopic (exact) mass is 246 g/mol. The molecule has 0 aromatic heterocycles. The second-order valence-electron chi connectivity index (χ2n) is 4.54. The topological polar surface area (TPSA) is 73.1 Å². The average molecular weight is 246 g/mol. The minimum absolute atomic E-state index is 0.367. The molecule has 4 heteroatoms.